The Kier molecular flexibility index (Phi) is 3.93. The molecule has 0 radical (unpaired) electrons. The fourth-order valence-electron chi connectivity index (χ4n) is 1.58. The third-order valence-electron chi connectivity index (χ3n) is 2.48. The Morgan fingerprint density at radius 3 is 2.31 bits per heavy atom. The minimum atomic E-state index is -0.325. The monoisotopic (exact) mass is 221 g/mol. The van der Waals surface area contributed by atoms with Crippen molar-refractivity contribution in [3.05, 3.63) is 24.3 Å². The van der Waals surface area contributed by atoms with E-state index in [-0.39, 0.29) is 5.41 Å². The molecule has 3 nitrogen and oxygen atoms in total. The van der Waals surface area contributed by atoms with Crippen LogP contribution in [0.15, 0.2) is 24.3 Å². The quantitative estimate of drug-likeness (QED) is 0.715. The molecule has 1 rings (SSSR count). The molecule has 0 fully saturated rings. The SMILES string of the molecule is COc1ccc(N(C)CC(C)(C)C=O)cc1. The first kappa shape index (κ1) is 12.6. The lowest BCUT2D eigenvalue weighted by Gasteiger charge is -2.27. The van der Waals surface area contributed by atoms with E-state index in [1.807, 2.05) is 45.2 Å². The van der Waals surface area contributed by atoms with Crippen molar-refractivity contribution in [2.75, 3.05) is 25.6 Å². The third-order valence-corrected chi connectivity index (χ3v) is 2.48. The van der Waals surface area contributed by atoms with Gasteiger partial charge in [0.05, 0.1) is 7.11 Å². The molecule has 0 heterocycles. The van der Waals surface area contributed by atoms with Crippen LogP contribution in [0.2, 0.25) is 0 Å². The van der Waals surface area contributed by atoms with Gasteiger partial charge in [-0.25, -0.2) is 0 Å². The molecule has 0 aromatic heterocycles. The number of rotatable bonds is 5. The van der Waals surface area contributed by atoms with Gasteiger partial charge in [-0.2, -0.15) is 0 Å². The van der Waals surface area contributed by atoms with Crippen molar-refractivity contribution in [3.8, 4) is 5.75 Å². The van der Waals surface area contributed by atoms with Crippen molar-refractivity contribution >= 4 is 12.0 Å². The molecule has 0 atom stereocenters. The summed E-state index contributed by atoms with van der Waals surface area (Å²) in [6.07, 6.45) is 0.993. The summed E-state index contributed by atoms with van der Waals surface area (Å²) < 4.78 is 5.10. The van der Waals surface area contributed by atoms with Crippen molar-refractivity contribution in [3.63, 3.8) is 0 Å². The Hall–Kier alpha value is -1.51. The van der Waals surface area contributed by atoms with Crippen LogP contribution in [0.1, 0.15) is 13.8 Å². The maximum Gasteiger partial charge on any atom is 0.127 e. The van der Waals surface area contributed by atoms with E-state index < -0.39 is 0 Å². The lowest BCUT2D eigenvalue weighted by molar-refractivity contribution is -0.114. The van der Waals surface area contributed by atoms with Crippen molar-refractivity contribution < 1.29 is 9.53 Å². The Morgan fingerprint density at radius 1 is 1.31 bits per heavy atom. The lowest BCUT2D eigenvalue weighted by atomic mass is 9.95. The van der Waals surface area contributed by atoms with Crippen molar-refractivity contribution in [1.82, 2.24) is 0 Å². The number of carbonyl (C=O) groups excluding carboxylic acids is 1. The second kappa shape index (κ2) is 5.01. The molecular formula is C13H19NO2. The highest BCUT2D eigenvalue weighted by molar-refractivity contribution is 5.60. The number of aldehydes is 1. The molecule has 1 aromatic rings. The first-order valence-corrected chi connectivity index (χ1v) is 5.30. The maximum absolute atomic E-state index is 10.8. The van der Waals surface area contributed by atoms with Gasteiger partial charge in [-0.3, -0.25) is 0 Å². The first-order valence-electron chi connectivity index (χ1n) is 5.30. The minimum absolute atomic E-state index is 0.325. The van der Waals surface area contributed by atoms with Crippen LogP contribution in [0.5, 0.6) is 5.75 Å². The predicted molar refractivity (Wildman–Crippen MR) is 66.1 cm³/mol. The van der Waals surface area contributed by atoms with E-state index in [2.05, 4.69) is 4.90 Å². The van der Waals surface area contributed by atoms with Crippen molar-refractivity contribution in [1.29, 1.82) is 0 Å². The highest BCUT2D eigenvalue weighted by Crippen LogP contribution is 2.21. The molecule has 0 aliphatic carbocycles. The molecule has 0 bridgehead atoms. The van der Waals surface area contributed by atoms with E-state index in [0.717, 1.165) is 17.7 Å². The molecule has 0 saturated heterocycles. The van der Waals surface area contributed by atoms with Gasteiger partial charge in [0, 0.05) is 24.7 Å². The van der Waals surface area contributed by atoms with Gasteiger partial charge in [0.15, 0.2) is 0 Å². The fraction of sp³-hybridized carbons (Fsp3) is 0.462. The maximum atomic E-state index is 10.8. The van der Waals surface area contributed by atoms with Crippen LogP contribution in [0, 0.1) is 5.41 Å². The zero-order chi connectivity index (χ0) is 12.2. The summed E-state index contributed by atoms with van der Waals surface area (Å²) in [6.45, 7) is 4.56. The molecule has 16 heavy (non-hydrogen) atoms. The molecular weight excluding hydrogens is 202 g/mol. The van der Waals surface area contributed by atoms with E-state index >= 15 is 0 Å². The predicted octanol–water partition coefficient (Wildman–Crippen LogP) is 2.36. The summed E-state index contributed by atoms with van der Waals surface area (Å²) in [5, 5.41) is 0. The van der Waals surface area contributed by atoms with Crippen molar-refractivity contribution in [2.45, 2.75) is 13.8 Å². The Morgan fingerprint density at radius 2 is 1.88 bits per heavy atom. The molecule has 1 aromatic carbocycles. The Balaban J connectivity index is 2.73. The number of nitrogens with zero attached hydrogens (tertiary/aromatic N) is 1. The molecule has 0 unspecified atom stereocenters. The number of carbonyl (C=O) groups is 1. The smallest absolute Gasteiger partial charge is 0.127 e. The van der Waals surface area contributed by atoms with Gasteiger partial charge in [0.25, 0.3) is 0 Å². The average Bonchev–Trinajstić information content (AvgIpc) is 2.28. The second-order valence-electron chi connectivity index (χ2n) is 4.66. The minimum Gasteiger partial charge on any atom is -0.497 e. The lowest BCUT2D eigenvalue weighted by Crippen LogP contribution is -2.32. The molecule has 0 aliphatic rings. The summed E-state index contributed by atoms with van der Waals surface area (Å²) in [6, 6.07) is 7.80. The molecule has 0 N–H and O–H groups in total. The van der Waals surface area contributed by atoms with E-state index in [1.54, 1.807) is 7.11 Å². The molecule has 0 amide bonds. The van der Waals surface area contributed by atoms with E-state index in [0.29, 0.717) is 6.54 Å². The average molecular weight is 221 g/mol. The van der Waals surface area contributed by atoms with Crippen LogP contribution in [-0.2, 0) is 4.79 Å². The van der Waals surface area contributed by atoms with Crippen molar-refractivity contribution in [2.24, 2.45) is 5.41 Å². The van der Waals surface area contributed by atoms with Crippen LogP contribution >= 0.6 is 0 Å². The third kappa shape index (κ3) is 3.26. The highest BCUT2D eigenvalue weighted by atomic mass is 16.5. The van der Waals surface area contributed by atoms with E-state index in [1.165, 1.54) is 0 Å². The second-order valence-corrected chi connectivity index (χ2v) is 4.66. The molecule has 0 aliphatic heterocycles. The number of ether oxygens (including phenoxy) is 1. The normalized spacial score (nSPS) is 11.0. The van der Waals surface area contributed by atoms with Gasteiger partial charge >= 0.3 is 0 Å². The zero-order valence-electron chi connectivity index (χ0n) is 10.4. The summed E-state index contributed by atoms with van der Waals surface area (Å²) >= 11 is 0. The number of hydrogen-bond acceptors (Lipinski definition) is 3. The summed E-state index contributed by atoms with van der Waals surface area (Å²) in [4.78, 5) is 12.9. The van der Waals surface area contributed by atoms with Crippen LogP contribution in [0.25, 0.3) is 0 Å². The molecule has 0 saturated carbocycles. The van der Waals surface area contributed by atoms with Gasteiger partial charge in [-0.15, -0.1) is 0 Å². The summed E-state index contributed by atoms with van der Waals surface area (Å²) in [5.41, 5.74) is 0.755. The summed E-state index contributed by atoms with van der Waals surface area (Å²) in [5.74, 6) is 0.840. The van der Waals surface area contributed by atoms with Crippen LogP contribution in [-0.4, -0.2) is 27.0 Å². The molecule has 88 valence electrons. The largest absolute Gasteiger partial charge is 0.497 e. The standard InChI is InChI=1S/C13H19NO2/c1-13(2,10-15)9-14(3)11-5-7-12(16-4)8-6-11/h5-8,10H,9H2,1-4H3. The van der Waals surface area contributed by atoms with Crippen LogP contribution in [0.4, 0.5) is 5.69 Å². The van der Waals surface area contributed by atoms with Gasteiger partial charge < -0.3 is 14.4 Å². The number of hydrogen-bond donors (Lipinski definition) is 0. The van der Waals surface area contributed by atoms with Gasteiger partial charge in [-0.05, 0) is 24.3 Å². The topological polar surface area (TPSA) is 29.5 Å². The number of methoxy groups -OCH3 is 1. The van der Waals surface area contributed by atoms with Gasteiger partial charge in [-0.1, -0.05) is 13.8 Å². The van der Waals surface area contributed by atoms with E-state index in [9.17, 15) is 4.79 Å². The van der Waals surface area contributed by atoms with Crippen LogP contribution in [0.3, 0.4) is 0 Å². The Bertz CT molecular complexity index is 343. The number of anilines is 1. The summed E-state index contributed by atoms with van der Waals surface area (Å²) in [7, 11) is 3.63. The highest BCUT2D eigenvalue weighted by Gasteiger charge is 2.19. The van der Waals surface area contributed by atoms with Crippen LogP contribution < -0.4 is 9.64 Å². The number of benzene rings is 1. The molecule has 3 heteroatoms. The zero-order valence-corrected chi connectivity index (χ0v) is 10.4. The first-order chi connectivity index (χ1) is 7.48. The van der Waals surface area contributed by atoms with E-state index in [4.69, 9.17) is 4.74 Å². The molecule has 0 spiro atoms. The Labute approximate surface area is 97.0 Å². The van der Waals surface area contributed by atoms with Gasteiger partial charge in [0.2, 0.25) is 0 Å². The van der Waals surface area contributed by atoms with Gasteiger partial charge in [0.1, 0.15) is 12.0 Å². The fourth-order valence-corrected chi connectivity index (χ4v) is 1.58.